The highest BCUT2D eigenvalue weighted by Crippen LogP contribution is 2.37. The zero-order chi connectivity index (χ0) is 4.85. The number of hydrogen-bond acceptors (Lipinski definition) is 1. The molecule has 0 aromatic carbocycles. The minimum Gasteiger partial charge on any atom is -0.296 e. The Kier molecular flexibility index (Phi) is 0.482. The van der Waals surface area contributed by atoms with Gasteiger partial charge in [0.1, 0.15) is 0 Å². The molecule has 0 amide bonds. The number of hydrogen-bond donors (Lipinski definition) is 0. The third kappa shape index (κ3) is 0.361. The van der Waals surface area contributed by atoms with Crippen molar-refractivity contribution in [1.29, 1.82) is 0 Å². The summed E-state index contributed by atoms with van der Waals surface area (Å²) in [5, 5.41) is 0. The number of fused-ring (bicyclic) bond motifs is 1. The number of rotatable bonds is 0. The van der Waals surface area contributed by atoms with E-state index in [9.17, 15) is 0 Å². The molecule has 0 saturated heterocycles. The van der Waals surface area contributed by atoms with Crippen LogP contribution in [0.15, 0.2) is 11.6 Å². The normalized spacial score (nSPS) is 37.9. The first-order valence-corrected chi connectivity index (χ1v) is 2.77. The van der Waals surface area contributed by atoms with Crippen LogP contribution in [-0.2, 0) is 0 Å². The van der Waals surface area contributed by atoms with Crippen LogP contribution in [0.25, 0.3) is 0 Å². The summed E-state index contributed by atoms with van der Waals surface area (Å²) in [6.45, 7) is 1.19. The summed E-state index contributed by atoms with van der Waals surface area (Å²) in [5.41, 5.74) is 1.67. The Morgan fingerprint density at radius 1 is 1.86 bits per heavy atom. The van der Waals surface area contributed by atoms with Crippen LogP contribution in [0.2, 0.25) is 0 Å². The molecule has 1 fully saturated rings. The van der Waals surface area contributed by atoms with Gasteiger partial charge in [-0.25, -0.2) is 0 Å². The van der Waals surface area contributed by atoms with Gasteiger partial charge in [0.15, 0.2) is 0 Å². The smallest absolute Gasteiger partial charge is 0.0346 e. The van der Waals surface area contributed by atoms with Crippen molar-refractivity contribution >= 4 is 0 Å². The molecule has 1 heterocycles. The molecule has 0 aromatic heterocycles. The molecule has 1 heteroatoms. The minimum absolute atomic E-state index is 0.875. The van der Waals surface area contributed by atoms with Gasteiger partial charge in [-0.05, 0) is 13.5 Å². The molecule has 0 spiro atoms. The third-order valence-electron chi connectivity index (χ3n) is 1.87. The second-order valence-electron chi connectivity index (χ2n) is 2.44. The average Bonchev–Trinajstić information content (AvgIpc) is 2.33. The van der Waals surface area contributed by atoms with E-state index >= 15 is 0 Å². The Labute approximate surface area is 43.6 Å². The Hall–Kier alpha value is -0.300. The van der Waals surface area contributed by atoms with E-state index in [1.807, 2.05) is 0 Å². The Morgan fingerprint density at radius 3 is 2.86 bits per heavy atom. The van der Waals surface area contributed by atoms with Crippen LogP contribution < -0.4 is 0 Å². The molecule has 0 aromatic rings. The average molecular weight is 95.1 g/mol. The molecule has 1 unspecified atom stereocenters. The van der Waals surface area contributed by atoms with E-state index in [2.05, 4.69) is 18.0 Å². The fourth-order valence-corrected chi connectivity index (χ4v) is 1.21. The van der Waals surface area contributed by atoms with Crippen molar-refractivity contribution in [3.63, 3.8) is 0 Å². The van der Waals surface area contributed by atoms with Crippen LogP contribution in [0.3, 0.4) is 0 Å². The van der Waals surface area contributed by atoms with Crippen molar-refractivity contribution in [3.05, 3.63) is 11.6 Å². The largest absolute Gasteiger partial charge is 0.296 e. The Morgan fingerprint density at radius 2 is 2.71 bits per heavy atom. The number of likely N-dealkylation sites (N-methyl/N-ethyl adjacent to an activating group) is 1. The lowest BCUT2D eigenvalue weighted by molar-refractivity contribution is 0.384. The Bertz CT molecular complexity index is 126. The molecule has 7 heavy (non-hydrogen) atoms. The highest BCUT2D eigenvalue weighted by Gasteiger charge is 2.36. The van der Waals surface area contributed by atoms with Gasteiger partial charge in [0, 0.05) is 12.6 Å². The molecule has 1 saturated carbocycles. The van der Waals surface area contributed by atoms with Gasteiger partial charge in [-0.1, -0.05) is 11.6 Å². The summed E-state index contributed by atoms with van der Waals surface area (Å²) in [4.78, 5) is 2.38. The Balaban J connectivity index is 2.23. The maximum atomic E-state index is 2.38. The molecule has 0 radical (unpaired) electrons. The molecule has 38 valence electrons. The predicted molar refractivity (Wildman–Crippen MR) is 29.1 cm³/mol. The zero-order valence-electron chi connectivity index (χ0n) is 4.52. The monoisotopic (exact) mass is 95.1 g/mol. The SMILES string of the molecule is CN1CC=C2CC21. The van der Waals surface area contributed by atoms with Crippen LogP contribution in [0.4, 0.5) is 0 Å². The van der Waals surface area contributed by atoms with Crippen molar-refractivity contribution < 1.29 is 0 Å². The first-order chi connectivity index (χ1) is 3.38. The summed E-state index contributed by atoms with van der Waals surface area (Å²) in [6.07, 6.45) is 3.70. The standard InChI is InChI=1S/C6H9N/c1-7-3-2-5-4-6(5)7/h2,6H,3-4H2,1H3. The molecule has 1 nitrogen and oxygen atoms in total. The van der Waals surface area contributed by atoms with Gasteiger partial charge in [-0.2, -0.15) is 0 Å². The van der Waals surface area contributed by atoms with Crippen molar-refractivity contribution in [2.24, 2.45) is 0 Å². The van der Waals surface area contributed by atoms with Gasteiger partial charge >= 0.3 is 0 Å². The molecule has 0 bridgehead atoms. The van der Waals surface area contributed by atoms with Gasteiger partial charge in [0.05, 0.1) is 0 Å². The van der Waals surface area contributed by atoms with Crippen molar-refractivity contribution in [2.75, 3.05) is 13.6 Å². The van der Waals surface area contributed by atoms with Crippen LogP contribution in [-0.4, -0.2) is 24.5 Å². The second kappa shape index (κ2) is 0.920. The lowest BCUT2D eigenvalue weighted by Crippen LogP contribution is -2.16. The van der Waals surface area contributed by atoms with E-state index in [1.165, 1.54) is 13.0 Å². The molecule has 0 N–H and O–H groups in total. The summed E-state index contributed by atoms with van der Waals surface area (Å²) >= 11 is 0. The quantitative estimate of drug-likeness (QED) is 0.399. The topological polar surface area (TPSA) is 3.24 Å². The minimum atomic E-state index is 0.875. The lowest BCUT2D eigenvalue weighted by atomic mass is 10.5. The fourth-order valence-electron chi connectivity index (χ4n) is 1.21. The molecule has 1 aliphatic heterocycles. The zero-order valence-corrected chi connectivity index (χ0v) is 4.52. The number of nitrogens with zero attached hydrogens (tertiary/aromatic N) is 1. The molecule has 1 atom stereocenters. The van der Waals surface area contributed by atoms with Crippen molar-refractivity contribution in [2.45, 2.75) is 12.5 Å². The van der Waals surface area contributed by atoms with Gasteiger partial charge in [-0.15, -0.1) is 0 Å². The predicted octanol–water partition coefficient (Wildman–Crippen LogP) is 0.631. The first-order valence-electron chi connectivity index (χ1n) is 2.77. The molecule has 2 aliphatic rings. The fraction of sp³-hybridized carbons (Fsp3) is 0.667. The van der Waals surface area contributed by atoms with E-state index in [1.54, 1.807) is 5.57 Å². The van der Waals surface area contributed by atoms with Gasteiger partial charge < -0.3 is 0 Å². The summed E-state index contributed by atoms with van der Waals surface area (Å²) < 4.78 is 0. The van der Waals surface area contributed by atoms with Crippen LogP contribution in [0.5, 0.6) is 0 Å². The van der Waals surface area contributed by atoms with Gasteiger partial charge in [-0.3, -0.25) is 4.90 Å². The van der Waals surface area contributed by atoms with Crippen LogP contribution >= 0.6 is 0 Å². The van der Waals surface area contributed by atoms with Crippen LogP contribution in [0, 0.1) is 0 Å². The van der Waals surface area contributed by atoms with E-state index in [0.29, 0.717) is 0 Å². The highest BCUT2D eigenvalue weighted by atomic mass is 15.2. The summed E-state index contributed by atoms with van der Waals surface area (Å²) in [7, 11) is 2.18. The summed E-state index contributed by atoms with van der Waals surface area (Å²) in [5.74, 6) is 0. The molecular weight excluding hydrogens is 86.1 g/mol. The third-order valence-corrected chi connectivity index (χ3v) is 1.87. The van der Waals surface area contributed by atoms with E-state index in [-0.39, 0.29) is 0 Å². The van der Waals surface area contributed by atoms with Crippen LogP contribution in [0.1, 0.15) is 6.42 Å². The van der Waals surface area contributed by atoms with Crippen molar-refractivity contribution in [1.82, 2.24) is 4.90 Å². The lowest BCUT2D eigenvalue weighted by Gasteiger charge is -2.05. The van der Waals surface area contributed by atoms with Gasteiger partial charge in [0.25, 0.3) is 0 Å². The molecule has 1 aliphatic carbocycles. The maximum Gasteiger partial charge on any atom is 0.0346 e. The van der Waals surface area contributed by atoms with Gasteiger partial charge in [0.2, 0.25) is 0 Å². The molecule has 2 rings (SSSR count). The molecular formula is C6H9N. The van der Waals surface area contributed by atoms with E-state index in [0.717, 1.165) is 6.04 Å². The highest BCUT2D eigenvalue weighted by molar-refractivity contribution is 5.33. The van der Waals surface area contributed by atoms with Crippen molar-refractivity contribution in [3.8, 4) is 0 Å². The van der Waals surface area contributed by atoms with E-state index < -0.39 is 0 Å². The first kappa shape index (κ1) is 3.67. The second-order valence-corrected chi connectivity index (χ2v) is 2.44. The van der Waals surface area contributed by atoms with E-state index in [4.69, 9.17) is 0 Å². The maximum absolute atomic E-state index is 2.38. The summed E-state index contributed by atoms with van der Waals surface area (Å²) in [6, 6.07) is 0.875.